The Labute approximate surface area is 152 Å². The molecule has 1 saturated heterocycles. The van der Waals surface area contributed by atoms with Crippen LogP contribution in [0.25, 0.3) is 22.2 Å². The van der Waals surface area contributed by atoms with Gasteiger partial charge >= 0.3 is 0 Å². The second-order valence-corrected chi connectivity index (χ2v) is 7.09. The molecule has 0 spiro atoms. The number of aryl methyl sites for hydroxylation is 1. The number of hydrogen-bond donors (Lipinski definition) is 1. The predicted molar refractivity (Wildman–Crippen MR) is 103 cm³/mol. The van der Waals surface area contributed by atoms with Crippen LogP contribution in [-0.4, -0.2) is 40.7 Å². The van der Waals surface area contributed by atoms with E-state index >= 15 is 0 Å². The highest BCUT2D eigenvalue weighted by atomic mass is 19.1. The number of pyridine rings is 1. The van der Waals surface area contributed by atoms with Crippen LogP contribution in [-0.2, 0) is 0 Å². The molecule has 3 heterocycles. The third-order valence-electron chi connectivity index (χ3n) is 4.96. The SMILES string of the molecule is Cc1nc2c(F)cc(-c3ccnc(N4CCNCC4)c3)cc2n1C(C)C. The fourth-order valence-corrected chi connectivity index (χ4v) is 3.75. The summed E-state index contributed by atoms with van der Waals surface area (Å²) < 4.78 is 16.8. The lowest BCUT2D eigenvalue weighted by molar-refractivity contribution is 0.585. The van der Waals surface area contributed by atoms with Crippen LogP contribution in [0.5, 0.6) is 0 Å². The van der Waals surface area contributed by atoms with Crippen molar-refractivity contribution in [1.29, 1.82) is 0 Å². The Hall–Kier alpha value is -2.47. The molecule has 136 valence electrons. The molecular formula is C20H24FN5. The van der Waals surface area contributed by atoms with E-state index in [-0.39, 0.29) is 11.9 Å². The Bertz CT molecular complexity index is 941. The lowest BCUT2D eigenvalue weighted by Gasteiger charge is -2.28. The average Bonchev–Trinajstić information content (AvgIpc) is 2.99. The lowest BCUT2D eigenvalue weighted by atomic mass is 10.1. The van der Waals surface area contributed by atoms with Crippen LogP contribution >= 0.6 is 0 Å². The molecule has 5 nitrogen and oxygen atoms in total. The molecule has 1 N–H and O–H groups in total. The molecular weight excluding hydrogens is 329 g/mol. The summed E-state index contributed by atoms with van der Waals surface area (Å²) in [7, 11) is 0. The summed E-state index contributed by atoms with van der Waals surface area (Å²) in [6, 6.07) is 7.83. The number of fused-ring (bicyclic) bond motifs is 1. The lowest BCUT2D eigenvalue weighted by Crippen LogP contribution is -2.43. The van der Waals surface area contributed by atoms with E-state index in [0.717, 1.165) is 54.5 Å². The Morgan fingerprint density at radius 2 is 1.88 bits per heavy atom. The summed E-state index contributed by atoms with van der Waals surface area (Å²) in [5, 5.41) is 3.35. The number of nitrogens with zero attached hydrogens (tertiary/aromatic N) is 4. The van der Waals surface area contributed by atoms with E-state index in [9.17, 15) is 4.39 Å². The van der Waals surface area contributed by atoms with E-state index in [1.807, 2.05) is 19.1 Å². The fraction of sp³-hybridized carbons (Fsp3) is 0.400. The first kappa shape index (κ1) is 17.0. The summed E-state index contributed by atoms with van der Waals surface area (Å²) >= 11 is 0. The number of hydrogen-bond acceptors (Lipinski definition) is 4. The van der Waals surface area contributed by atoms with Gasteiger partial charge in [-0.15, -0.1) is 0 Å². The molecule has 0 bridgehead atoms. The van der Waals surface area contributed by atoms with Crippen molar-refractivity contribution in [1.82, 2.24) is 19.9 Å². The van der Waals surface area contributed by atoms with Crippen LogP contribution in [0.15, 0.2) is 30.5 Å². The summed E-state index contributed by atoms with van der Waals surface area (Å²) in [6.07, 6.45) is 1.81. The van der Waals surface area contributed by atoms with Gasteiger partial charge in [0, 0.05) is 38.4 Å². The van der Waals surface area contributed by atoms with Crippen LogP contribution in [0.3, 0.4) is 0 Å². The first-order valence-electron chi connectivity index (χ1n) is 9.15. The Morgan fingerprint density at radius 3 is 2.62 bits per heavy atom. The van der Waals surface area contributed by atoms with Gasteiger partial charge in [0.05, 0.1) is 5.52 Å². The molecule has 26 heavy (non-hydrogen) atoms. The average molecular weight is 353 g/mol. The second kappa shape index (κ2) is 6.68. The predicted octanol–water partition coefficient (Wildman–Crippen LogP) is 3.54. The van der Waals surface area contributed by atoms with Gasteiger partial charge in [0.1, 0.15) is 17.2 Å². The van der Waals surface area contributed by atoms with Crippen LogP contribution in [0.1, 0.15) is 25.7 Å². The Balaban J connectivity index is 1.80. The molecule has 0 amide bonds. The van der Waals surface area contributed by atoms with E-state index in [0.29, 0.717) is 5.52 Å². The van der Waals surface area contributed by atoms with E-state index < -0.39 is 0 Å². The molecule has 3 aromatic rings. The van der Waals surface area contributed by atoms with Crippen LogP contribution in [0.2, 0.25) is 0 Å². The number of nitrogens with one attached hydrogen (secondary N) is 1. The van der Waals surface area contributed by atoms with Gasteiger partial charge in [-0.3, -0.25) is 0 Å². The molecule has 0 unspecified atom stereocenters. The standard InChI is InChI=1S/C20H24FN5/c1-13(2)26-14(3)24-20-17(21)10-16(11-18(20)26)15-4-5-23-19(12-15)25-8-6-22-7-9-25/h4-5,10-13,22H,6-9H2,1-3H3. The van der Waals surface area contributed by atoms with Crippen molar-refractivity contribution < 1.29 is 4.39 Å². The molecule has 0 aliphatic carbocycles. The molecule has 6 heteroatoms. The quantitative estimate of drug-likeness (QED) is 0.782. The van der Waals surface area contributed by atoms with E-state index in [1.165, 1.54) is 0 Å². The molecule has 0 atom stereocenters. The number of anilines is 1. The molecule has 1 aromatic carbocycles. The first-order chi connectivity index (χ1) is 12.5. The smallest absolute Gasteiger partial charge is 0.151 e. The zero-order valence-electron chi connectivity index (χ0n) is 15.5. The van der Waals surface area contributed by atoms with Crippen LogP contribution in [0, 0.1) is 12.7 Å². The number of rotatable bonds is 3. The zero-order chi connectivity index (χ0) is 18.3. The van der Waals surface area contributed by atoms with Crippen molar-refractivity contribution in [3.8, 4) is 11.1 Å². The van der Waals surface area contributed by atoms with Crippen molar-refractivity contribution in [2.24, 2.45) is 0 Å². The van der Waals surface area contributed by atoms with Crippen LogP contribution < -0.4 is 10.2 Å². The number of benzene rings is 1. The molecule has 4 rings (SSSR count). The maximum absolute atomic E-state index is 14.7. The third-order valence-corrected chi connectivity index (χ3v) is 4.96. The van der Waals surface area contributed by atoms with Crippen LogP contribution in [0.4, 0.5) is 10.2 Å². The van der Waals surface area contributed by atoms with Crippen molar-refractivity contribution >= 4 is 16.9 Å². The minimum atomic E-state index is -0.277. The molecule has 0 saturated carbocycles. The monoisotopic (exact) mass is 353 g/mol. The second-order valence-electron chi connectivity index (χ2n) is 7.09. The van der Waals surface area contributed by atoms with E-state index in [1.54, 1.807) is 12.3 Å². The molecule has 2 aromatic heterocycles. The Kier molecular flexibility index (Phi) is 4.36. The number of aromatic nitrogens is 3. The topological polar surface area (TPSA) is 46.0 Å². The van der Waals surface area contributed by atoms with Gasteiger partial charge in [0.2, 0.25) is 0 Å². The van der Waals surface area contributed by atoms with Gasteiger partial charge in [0.25, 0.3) is 0 Å². The fourth-order valence-electron chi connectivity index (χ4n) is 3.75. The summed E-state index contributed by atoms with van der Waals surface area (Å²) in [5.74, 6) is 1.50. The third kappa shape index (κ3) is 2.94. The van der Waals surface area contributed by atoms with Gasteiger partial charge in [-0.25, -0.2) is 14.4 Å². The highest BCUT2D eigenvalue weighted by Gasteiger charge is 2.17. The van der Waals surface area contributed by atoms with Gasteiger partial charge in [-0.1, -0.05) is 0 Å². The molecule has 1 fully saturated rings. The molecule has 1 aliphatic heterocycles. The van der Waals surface area contributed by atoms with Gasteiger partial charge in [-0.2, -0.15) is 0 Å². The van der Waals surface area contributed by atoms with Crippen molar-refractivity contribution in [2.45, 2.75) is 26.8 Å². The highest BCUT2D eigenvalue weighted by Crippen LogP contribution is 2.30. The van der Waals surface area contributed by atoms with Crippen molar-refractivity contribution in [3.05, 3.63) is 42.1 Å². The highest BCUT2D eigenvalue weighted by molar-refractivity contribution is 5.84. The van der Waals surface area contributed by atoms with Crippen molar-refractivity contribution in [2.75, 3.05) is 31.1 Å². The number of halogens is 1. The van der Waals surface area contributed by atoms with E-state index in [4.69, 9.17) is 0 Å². The van der Waals surface area contributed by atoms with Gasteiger partial charge in [0.15, 0.2) is 5.82 Å². The summed E-state index contributed by atoms with van der Waals surface area (Å²) in [5.41, 5.74) is 3.11. The summed E-state index contributed by atoms with van der Waals surface area (Å²) in [4.78, 5) is 11.2. The number of piperazine rings is 1. The van der Waals surface area contributed by atoms with E-state index in [2.05, 4.69) is 44.7 Å². The normalized spacial score (nSPS) is 15.2. The molecule has 1 aliphatic rings. The van der Waals surface area contributed by atoms with Gasteiger partial charge in [-0.05, 0) is 56.2 Å². The maximum Gasteiger partial charge on any atom is 0.151 e. The van der Waals surface area contributed by atoms with Gasteiger partial charge < -0.3 is 14.8 Å². The minimum absolute atomic E-state index is 0.225. The largest absolute Gasteiger partial charge is 0.354 e. The first-order valence-corrected chi connectivity index (χ1v) is 9.15. The summed E-state index contributed by atoms with van der Waals surface area (Å²) in [6.45, 7) is 9.89. The number of imidazole rings is 1. The van der Waals surface area contributed by atoms with Crippen molar-refractivity contribution in [3.63, 3.8) is 0 Å². The zero-order valence-corrected chi connectivity index (χ0v) is 15.5. The maximum atomic E-state index is 14.7. The minimum Gasteiger partial charge on any atom is -0.354 e. The molecule has 0 radical (unpaired) electrons. The Morgan fingerprint density at radius 1 is 1.12 bits per heavy atom.